The Hall–Kier alpha value is -3.59. The molecular weight excluding hydrogens is 422 g/mol. The summed E-state index contributed by atoms with van der Waals surface area (Å²) in [4.78, 5) is 25.9. The van der Waals surface area contributed by atoms with Crippen LogP contribution in [0.4, 0.5) is 0 Å². The number of carbonyl (C=O) groups is 2. The van der Waals surface area contributed by atoms with Gasteiger partial charge in [-0.2, -0.15) is 4.68 Å². The first kappa shape index (κ1) is 22.6. The number of aromatic nitrogens is 5. The highest BCUT2D eigenvalue weighted by Gasteiger charge is 2.23. The van der Waals surface area contributed by atoms with E-state index in [4.69, 9.17) is 9.47 Å². The SMILES string of the molecule is Cc1nnnn1C(=Cc1ccccc1)C(=O)OCC(=O)c1cc(C)n(CC2CCCO2)c1C. The number of rotatable bonds is 8. The van der Waals surface area contributed by atoms with E-state index in [-0.39, 0.29) is 24.2 Å². The van der Waals surface area contributed by atoms with Crippen LogP contribution in [0.5, 0.6) is 0 Å². The molecule has 4 rings (SSSR count). The Morgan fingerprint density at radius 1 is 1.21 bits per heavy atom. The van der Waals surface area contributed by atoms with E-state index in [0.717, 1.165) is 36.4 Å². The topological polar surface area (TPSA) is 101 Å². The molecule has 0 bridgehead atoms. The summed E-state index contributed by atoms with van der Waals surface area (Å²) in [6.45, 7) is 6.67. The van der Waals surface area contributed by atoms with Gasteiger partial charge in [-0.3, -0.25) is 4.79 Å². The van der Waals surface area contributed by atoms with Gasteiger partial charge in [-0.1, -0.05) is 30.3 Å². The molecule has 3 aromatic rings. The van der Waals surface area contributed by atoms with Gasteiger partial charge in [-0.15, -0.1) is 5.10 Å². The second kappa shape index (κ2) is 9.91. The lowest BCUT2D eigenvalue weighted by Crippen LogP contribution is -2.20. The molecule has 1 unspecified atom stereocenters. The Morgan fingerprint density at radius 2 is 2.00 bits per heavy atom. The molecule has 1 atom stereocenters. The number of Topliss-reactive ketones (excluding diaryl/α,β-unsaturated/α-hetero) is 1. The van der Waals surface area contributed by atoms with Crippen molar-refractivity contribution in [2.75, 3.05) is 13.2 Å². The number of aryl methyl sites for hydroxylation is 2. The van der Waals surface area contributed by atoms with Crippen LogP contribution >= 0.6 is 0 Å². The van der Waals surface area contributed by atoms with Crippen molar-refractivity contribution in [3.05, 3.63) is 64.7 Å². The lowest BCUT2D eigenvalue weighted by atomic mass is 10.1. The van der Waals surface area contributed by atoms with Gasteiger partial charge in [0.05, 0.1) is 6.10 Å². The van der Waals surface area contributed by atoms with Crippen LogP contribution in [0.1, 0.15) is 46.0 Å². The smallest absolute Gasteiger partial charge is 0.357 e. The van der Waals surface area contributed by atoms with Crippen LogP contribution in [-0.2, 0) is 20.8 Å². The second-order valence-electron chi connectivity index (χ2n) is 8.11. The van der Waals surface area contributed by atoms with Gasteiger partial charge in [0.2, 0.25) is 5.78 Å². The molecule has 0 saturated carbocycles. The van der Waals surface area contributed by atoms with Crippen molar-refractivity contribution in [2.45, 2.75) is 46.3 Å². The van der Waals surface area contributed by atoms with Crippen molar-refractivity contribution >= 4 is 23.5 Å². The van der Waals surface area contributed by atoms with E-state index in [1.807, 2.05) is 50.2 Å². The van der Waals surface area contributed by atoms with E-state index in [0.29, 0.717) is 17.9 Å². The zero-order valence-corrected chi connectivity index (χ0v) is 19.0. The highest BCUT2D eigenvalue weighted by molar-refractivity contribution is 6.16. The molecule has 0 N–H and O–H groups in total. The molecule has 1 fully saturated rings. The summed E-state index contributed by atoms with van der Waals surface area (Å²) < 4.78 is 14.5. The minimum absolute atomic E-state index is 0.125. The molecule has 33 heavy (non-hydrogen) atoms. The fraction of sp³-hybridized carbons (Fsp3) is 0.375. The quantitative estimate of drug-likeness (QED) is 0.296. The monoisotopic (exact) mass is 449 g/mol. The van der Waals surface area contributed by atoms with Crippen molar-refractivity contribution in [1.29, 1.82) is 0 Å². The summed E-state index contributed by atoms with van der Waals surface area (Å²) in [7, 11) is 0. The number of nitrogens with zero attached hydrogens (tertiary/aromatic N) is 5. The fourth-order valence-electron chi connectivity index (χ4n) is 4.01. The summed E-state index contributed by atoms with van der Waals surface area (Å²) in [5, 5.41) is 11.3. The molecule has 1 saturated heterocycles. The summed E-state index contributed by atoms with van der Waals surface area (Å²) in [5.41, 5.74) is 3.28. The molecular formula is C24H27N5O4. The van der Waals surface area contributed by atoms with Gasteiger partial charge in [0.1, 0.15) is 0 Å². The van der Waals surface area contributed by atoms with Crippen molar-refractivity contribution < 1.29 is 19.1 Å². The van der Waals surface area contributed by atoms with Gasteiger partial charge in [-0.25, -0.2) is 4.79 Å². The predicted octanol–water partition coefficient (Wildman–Crippen LogP) is 3.00. The number of esters is 1. The normalized spacial score (nSPS) is 16.2. The van der Waals surface area contributed by atoms with Crippen LogP contribution in [0.3, 0.4) is 0 Å². The molecule has 1 aliphatic heterocycles. The minimum Gasteiger partial charge on any atom is -0.453 e. The van der Waals surface area contributed by atoms with Crippen molar-refractivity contribution in [1.82, 2.24) is 24.8 Å². The average molecular weight is 450 g/mol. The van der Waals surface area contributed by atoms with E-state index in [9.17, 15) is 9.59 Å². The van der Waals surface area contributed by atoms with Crippen LogP contribution in [0, 0.1) is 20.8 Å². The van der Waals surface area contributed by atoms with Crippen molar-refractivity contribution in [2.24, 2.45) is 0 Å². The van der Waals surface area contributed by atoms with Gasteiger partial charge in [0.25, 0.3) is 0 Å². The highest BCUT2D eigenvalue weighted by atomic mass is 16.5. The first-order valence-corrected chi connectivity index (χ1v) is 10.9. The molecule has 2 aromatic heterocycles. The number of ether oxygens (including phenoxy) is 2. The number of hydrogen-bond donors (Lipinski definition) is 0. The van der Waals surface area contributed by atoms with Gasteiger partial charge in [0, 0.05) is 30.1 Å². The predicted molar refractivity (Wildman–Crippen MR) is 121 cm³/mol. The largest absolute Gasteiger partial charge is 0.453 e. The molecule has 9 heteroatoms. The van der Waals surface area contributed by atoms with Crippen molar-refractivity contribution in [3.63, 3.8) is 0 Å². The van der Waals surface area contributed by atoms with Crippen LogP contribution in [0.2, 0.25) is 0 Å². The molecule has 0 amide bonds. The zero-order valence-electron chi connectivity index (χ0n) is 19.0. The van der Waals surface area contributed by atoms with Crippen LogP contribution in [0.15, 0.2) is 36.4 Å². The van der Waals surface area contributed by atoms with Crippen LogP contribution in [0.25, 0.3) is 11.8 Å². The maximum Gasteiger partial charge on any atom is 0.357 e. The third-order valence-electron chi connectivity index (χ3n) is 5.78. The minimum atomic E-state index is -0.684. The summed E-state index contributed by atoms with van der Waals surface area (Å²) in [5.74, 6) is -0.517. The Balaban J connectivity index is 1.49. The maximum atomic E-state index is 12.9. The highest BCUT2D eigenvalue weighted by Crippen LogP contribution is 2.21. The standard InChI is InChI=1S/C24H27N5O4/c1-16-12-21(17(2)28(16)14-20-10-7-11-32-20)23(30)15-33-24(31)22(29-18(3)25-26-27-29)13-19-8-5-4-6-9-19/h4-6,8-9,12-13,20H,7,10-11,14-15H2,1-3H3. The first-order chi connectivity index (χ1) is 15.9. The summed E-state index contributed by atoms with van der Waals surface area (Å²) in [6.07, 6.45) is 3.88. The number of carbonyl (C=O) groups excluding carboxylic acids is 2. The Bertz CT molecular complexity index is 1170. The average Bonchev–Trinajstić information content (AvgIpc) is 3.54. The lowest BCUT2D eigenvalue weighted by molar-refractivity contribution is -0.136. The first-order valence-electron chi connectivity index (χ1n) is 10.9. The Labute approximate surface area is 192 Å². The number of hydrogen-bond acceptors (Lipinski definition) is 7. The van der Waals surface area contributed by atoms with E-state index >= 15 is 0 Å². The van der Waals surface area contributed by atoms with E-state index < -0.39 is 5.97 Å². The second-order valence-corrected chi connectivity index (χ2v) is 8.11. The third-order valence-corrected chi connectivity index (χ3v) is 5.78. The zero-order chi connectivity index (χ0) is 23.4. The number of ketones is 1. The van der Waals surface area contributed by atoms with Gasteiger partial charge in [-0.05, 0) is 61.7 Å². The molecule has 0 spiro atoms. The third kappa shape index (κ3) is 5.09. The molecule has 3 heterocycles. The molecule has 9 nitrogen and oxygen atoms in total. The summed E-state index contributed by atoms with van der Waals surface area (Å²) >= 11 is 0. The van der Waals surface area contributed by atoms with Crippen LogP contribution in [-0.4, -0.2) is 55.8 Å². The fourth-order valence-corrected chi connectivity index (χ4v) is 4.01. The van der Waals surface area contributed by atoms with Gasteiger partial charge in [0.15, 0.2) is 18.1 Å². The Kier molecular flexibility index (Phi) is 6.79. The molecule has 0 aliphatic carbocycles. The molecule has 1 aromatic carbocycles. The number of tetrazole rings is 1. The number of benzene rings is 1. The van der Waals surface area contributed by atoms with E-state index in [1.165, 1.54) is 4.68 Å². The lowest BCUT2D eigenvalue weighted by Gasteiger charge is -2.14. The maximum absolute atomic E-state index is 12.9. The summed E-state index contributed by atoms with van der Waals surface area (Å²) in [6, 6.07) is 11.1. The van der Waals surface area contributed by atoms with Crippen LogP contribution < -0.4 is 0 Å². The van der Waals surface area contributed by atoms with Crippen molar-refractivity contribution in [3.8, 4) is 0 Å². The van der Waals surface area contributed by atoms with Gasteiger partial charge < -0.3 is 14.0 Å². The molecule has 0 radical (unpaired) electrons. The molecule has 172 valence electrons. The van der Waals surface area contributed by atoms with E-state index in [1.54, 1.807) is 13.0 Å². The Morgan fingerprint density at radius 3 is 2.67 bits per heavy atom. The molecule has 1 aliphatic rings. The van der Waals surface area contributed by atoms with Gasteiger partial charge >= 0.3 is 5.97 Å². The van der Waals surface area contributed by atoms with E-state index in [2.05, 4.69) is 20.1 Å².